The summed E-state index contributed by atoms with van der Waals surface area (Å²) in [4.78, 5) is 22.8. The van der Waals surface area contributed by atoms with Crippen molar-refractivity contribution in [3.63, 3.8) is 0 Å². The lowest BCUT2D eigenvalue weighted by Gasteiger charge is -2.18. The van der Waals surface area contributed by atoms with Gasteiger partial charge in [-0.05, 0) is 17.9 Å². The number of rotatable bonds is 7. The van der Waals surface area contributed by atoms with E-state index < -0.39 is 12.0 Å². The van der Waals surface area contributed by atoms with Crippen LogP contribution in [0.3, 0.4) is 0 Å². The van der Waals surface area contributed by atoms with E-state index in [0.29, 0.717) is 6.42 Å². The van der Waals surface area contributed by atoms with Crippen molar-refractivity contribution >= 4 is 11.9 Å². The molecule has 0 saturated heterocycles. The Hall–Kier alpha value is -1.88. The molecule has 2 unspecified atom stereocenters. The monoisotopic (exact) mass is 278 g/mol. The van der Waals surface area contributed by atoms with Gasteiger partial charge in [-0.15, -0.1) is 0 Å². The molecule has 1 aromatic rings. The number of carboxylic acids is 1. The normalized spacial score (nSPS) is 13.8. The number of hydrogen-bond acceptors (Lipinski definition) is 3. The van der Waals surface area contributed by atoms with Gasteiger partial charge in [-0.3, -0.25) is 4.79 Å². The smallest absolute Gasteiger partial charge is 0.326 e. The largest absolute Gasteiger partial charge is 0.480 e. The molecule has 5 nitrogen and oxygen atoms in total. The Balaban J connectivity index is 2.45. The number of carbonyl (C=O) groups is 2. The molecule has 20 heavy (non-hydrogen) atoms. The van der Waals surface area contributed by atoms with Crippen LogP contribution in [0.2, 0.25) is 0 Å². The van der Waals surface area contributed by atoms with Gasteiger partial charge in [0.25, 0.3) is 0 Å². The van der Waals surface area contributed by atoms with Gasteiger partial charge in [-0.2, -0.15) is 0 Å². The van der Waals surface area contributed by atoms with E-state index in [1.807, 2.05) is 30.3 Å². The Kier molecular flexibility index (Phi) is 6.18. The van der Waals surface area contributed by atoms with Crippen LogP contribution in [0.25, 0.3) is 0 Å². The summed E-state index contributed by atoms with van der Waals surface area (Å²) in [7, 11) is 0. The zero-order valence-electron chi connectivity index (χ0n) is 11.9. The number of nitrogens with one attached hydrogen (secondary N) is 1. The number of hydrogen-bond donors (Lipinski definition) is 3. The fourth-order valence-corrected chi connectivity index (χ4v) is 1.91. The maximum Gasteiger partial charge on any atom is 0.326 e. The third-order valence-corrected chi connectivity index (χ3v) is 3.16. The number of carboxylic acid groups (broad SMARTS) is 1. The van der Waals surface area contributed by atoms with Crippen molar-refractivity contribution in [2.75, 3.05) is 0 Å². The highest BCUT2D eigenvalue weighted by Gasteiger charge is 2.23. The van der Waals surface area contributed by atoms with Crippen molar-refractivity contribution in [1.29, 1.82) is 0 Å². The molecule has 4 N–H and O–H groups in total. The summed E-state index contributed by atoms with van der Waals surface area (Å²) < 4.78 is 0. The van der Waals surface area contributed by atoms with Gasteiger partial charge in [0, 0.05) is 12.5 Å². The second kappa shape index (κ2) is 7.65. The molecule has 1 aromatic carbocycles. The molecule has 0 fully saturated rings. The molecule has 5 heteroatoms. The Morgan fingerprint density at radius 3 is 2.35 bits per heavy atom. The van der Waals surface area contributed by atoms with Crippen molar-refractivity contribution in [1.82, 2.24) is 5.32 Å². The lowest BCUT2D eigenvalue weighted by Crippen LogP contribution is -2.44. The number of nitrogens with two attached hydrogens (primary N) is 1. The van der Waals surface area contributed by atoms with Crippen molar-refractivity contribution in [2.45, 2.75) is 38.8 Å². The summed E-state index contributed by atoms with van der Waals surface area (Å²) in [6.45, 7) is 3.52. The molecule has 0 aliphatic heterocycles. The average molecular weight is 278 g/mol. The lowest BCUT2D eigenvalue weighted by atomic mass is 10.0. The minimum absolute atomic E-state index is 0.153. The van der Waals surface area contributed by atoms with Crippen molar-refractivity contribution in [3.8, 4) is 0 Å². The SMILES string of the molecule is CC(C)C(NC(=O)CCC(N)c1ccccc1)C(=O)O. The lowest BCUT2D eigenvalue weighted by molar-refractivity contribution is -0.143. The van der Waals surface area contributed by atoms with Gasteiger partial charge in [0.1, 0.15) is 6.04 Å². The zero-order valence-corrected chi connectivity index (χ0v) is 11.9. The molecule has 0 aliphatic rings. The molecule has 2 atom stereocenters. The Morgan fingerprint density at radius 1 is 1.25 bits per heavy atom. The van der Waals surface area contributed by atoms with E-state index in [4.69, 9.17) is 10.8 Å². The molecule has 0 saturated carbocycles. The predicted molar refractivity (Wildman–Crippen MR) is 77.0 cm³/mol. The minimum atomic E-state index is -1.01. The second-order valence-corrected chi connectivity index (χ2v) is 5.18. The first-order valence-corrected chi connectivity index (χ1v) is 6.74. The third-order valence-electron chi connectivity index (χ3n) is 3.16. The summed E-state index contributed by atoms with van der Waals surface area (Å²) in [6.07, 6.45) is 0.701. The number of amides is 1. The Labute approximate surface area is 119 Å². The van der Waals surface area contributed by atoms with E-state index in [1.54, 1.807) is 13.8 Å². The molecular formula is C15H22N2O3. The molecular weight excluding hydrogens is 256 g/mol. The topological polar surface area (TPSA) is 92.4 Å². The highest BCUT2D eigenvalue weighted by molar-refractivity contribution is 5.83. The maximum atomic E-state index is 11.8. The summed E-state index contributed by atoms with van der Waals surface area (Å²) >= 11 is 0. The molecule has 0 aliphatic carbocycles. The summed E-state index contributed by atoms with van der Waals surface area (Å²) in [5, 5.41) is 11.5. The van der Waals surface area contributed by atoms with Gasteiger partial charge < -0.3 is 16.2 Å². The number of benzene rings is 1. The van der Waals surface area contributed by atoms with E-state index in [-0.39, 0.29) is 24.3 Å². The summed E-state index contributed by atoms with van der Waals surface area (Å²) in [5.74, 6) is -1.45. The minimum Gasteiger partial charge on any atom is -0.480 e. The molecule has 110 valence electrons. The van der Waals surface area contributed by atoms with Crippen LogP contribution in [-0.4, -0.2) is 23.0 Å². The Bertz CT molecular complexity index is 446. The first kappa shape index (κ1) is 16.2. The fraction of sp³-hybridized carbons (Fsp3) is 0.467. The highest BCUT2D eigenvalue weighted by atomic mass is 16.4. The zero-order chi connectivity index (χ0) is 15.1. The van der Waals surface area contributed by atoms with E-state index in [0.717, 1.165) is 5.56 Å². The van der Waals surface area contributed by atoms with E-state index >= 15 is 0 Å². The van der Waals surface area contributed by atoms with Crippen LogP contribution in [0.4, 0.5) is 0 Å². The van der Waals surface area contributed by atoms with Crippen LogP contribution < -0.4 is 11.1 Å². The highest BCUT2D eigenvalue weighted by Crippen LogP contribution is 2.15. The fourth-order valence-electron chi connectivity index (χ4n) is 1.91. The molecule has 0 bridgehead atoms. The predicted octanol–water partition coefficient (Wildman–Crippen LogP) is 1.69. The quantitative estimate of drug-likeness (QED) is 0.707. The van der Waals surface area contributed by atoms with Crippen LogP contribution in [0, 0.1) is 5.92 Å². The molecule has 0 aromatic heterocycles. The van der Waals surface area contributed by atoms with Crippen molar-refractivity contribution < 1.29 is 14.7 Å². The molecule has 0 spiro atoms. The molecule has 0 heterocycles. The summed E-state index contributed by atoms with van der Waals surface area (Å²) in [5.41, 5.74) is 6.97. The van der Waals surface area contributed by atoms with Gasteiger partial charge in [0.2, 0.25) is 5.91 Å². The van der Waals surface area contributed by atoms with Crippen LogP contribution in [0.15, 0.2) is 30.3 Å². The first-order chi connectivity index (χ1) is 9.41. The van der Waals surface area contributed by atoms with Crippen LogP contribution in [0.5, 0.6) is 0 Å². The standard InChI is InChI=1S/C15H22N2O3/c1-10(2)14(15(19)20)17-13(18)9-8-12(16)11-6-4-3-5-7-11/h3-7,10,12,14H,8-9,16H2,1-2H3,(H,17,18)(H,19,20). The summed E-state index contributed by atoms with van der Waals surface area (Å²) in [6, 6.07) is 8.46. The van der Waals surface area contributed by atoms with Gasteiger partial charge in [0.15, 0.2) is 0 Å². The van der Waals surface area contributed by atoms with E-state index in [2.05, 4.69) is 5.32 Å². The van der Waals surface area contributed by atoms with Crippen LogP contribution >= 0.6 is 0 Å². The Morgan fingerprint density at radius 2 is 1.85 bits per heavy atom. The molecule has 1 rings (SSSR count). The average Bonchev–Trinajstić information content (AvgIpc) is 2.42. The van der Waals surface area contributed by atoms with Crippen LogP contribution in [0.1, 0.15) is 38.3 Å². The van der Waals surface area contributed by atoms with Crippen molar-refractivity contribution in [3.05, 3.63) is 35.9 Å². The van der Waals surface area contributed by atoms with Gasteiger partial charge >= 0.3 is 5.97 Å². The molecule has 0 radical (unpaired) electrons. The van der Waals surface area contributed by atoms with Gasteiger partial charge in [0.05, 0.1) is 0 Å². The van der Waals surface area contributed by atoms with E-state index in [1.165, 1.54) is 0 Å². The molecule has 1 amide bonds. The van der Waals surface area contributed by atoms with E-state index in [9.17, 15) is 9.59 Å². The van der Waals surface area contributed by atoms with Crippen molar-refractivity contribution in [2.24, 2.45) is 11.7 Å². The van der Waals surface area contributed by atoms with Gasteiger partial charge in [-0.25, -0.2) is 4.79 Å². The maximum absolute atomic E-state index is 11.8. The number of carbonyl (C=O) groups excluding carboxylic acids is 1. The third kappa shape index (κ3) is 5.01. The number of aliphatic carboxylic acids is 1. The van der Waals surface area contributed by atoms with Gasteiger partial charge in [-0.1, -0.05) is 44.2 Å². The second-order valence-electron chi connectivity index (χ2n) is 5.18. The first-order valence-electron chi connectivity index (χ1n) is 6.74. The van der Waals surface area contributed by atoms with Crippen LogP contribution in [-0.2, 0) is 9.59 Å².